The van der Waals surface area contributed by atoms with Crippen molar-refractivity contribution in [3.05, 3.63) is 105 Å². The van der Waals surface area contributed by atoms with Gasteiger partial charge in [-0.15, -0.1) is 0 Å². The number of phenols is 1. The predicted molar refractivity (Wildman–Crippen MR) is 128 cm³/mol. The van der Waals surface area contributed by atoms with Crippen molar-refractivity contribution >= 4 is 17.8 Å². The number of nitrogens with one attached hydrogen (secondary N) is 1. The molecular formula is C25H22N4O6. The molecule has 0 aliphatic heterocycles. The van der Waals surface area contributed by atoms with Crippen LogP contribution in [0, 0.1) is 24.0 Å². The van der Waals surface area contributed by atoms with Gasteiger partial charge in [0.2, 0.25) is 0 Å². The van der Waals surface area contributed by atoms with Crippen LogP contribution in [0.2, 0.25) is 0 Å². The topological polar surface area (TPSA) is 132 Å². The number of carbonyl (C=O) groups excluding carboxylic acids is 1. The number of rotatable bonds is 8. The first-order valence-corrected chi connectivity index (χ1v) is 10.6. The van der Waals surface area contributed by atoms with Crippen molar-refractivity contribution in [2.75, 3.05) is 0 Å². The van der Waals surface area contributed by atoms with E-state index in [4.69, 9.17) is 9.15 Å². The van der Waals surface area contributed by atoms with E-state index in [-0.39, 0.29) is 12.4 Å². The Bertz CT molecular complexity index is 1380. The van der Waals surface area contributed by atoms with Crippen molar-refractivity contribution in [2.45, 2.75) is 20.5 Å². The predicted octanol–water partition coefficient (Wildman–Crippen LogP) is 4.64. The Balaban J connectivity index is 1.32. The first-order valence-electron chi connectivity index (χ1n) is 10.6. The van der Waals surface area contributed by atoms with Gasteiger partial charge in [-0.25, -0.2) is 5.43 Å². The number of carbonyl (C=O) groups is 1. The van der Waals surface area contributed by atoms with Gasteiger partial charge in [0.1, 0.15) is 18.1 Å². The number of furan rings is 1. The van der Waals surface area contributed by atoms with Gasteiger partial charge < -0.3 is 18.8 Å². The molecule has 0 radical (unpaired) electrons. The number of aromatic nitrogens is 1. The van der Waals surface area contributed by atoms with E-state index < -0.39 is 22.3 Å². The molecule has 2 aromatic heterocycles. The van der Waals surface area contributed by atoms with Crippen LogP contribution in [-0.2, 0) is 6.61 Å². The number of phenolic OH excluding ortho intramolecular Hbond substituents is 1. The largest absolute Gasteiger partial charge is 0.502 e. The summed E-state index contributed by atoms with van der Waals surface area (Å²) in [6.07, 6.45) is 1.22. The molecule has 0 fully saturated rings. The fourth-order valence-electron chi connectivity index (χ4n) is 3.49. The smallest absolute Gasteiger partial charge is 0.311 e. The number of benzene rings is 2. The van der Waals surface area contributed by atoms with Crippen LogP contribution in [0.5, 0.6) is 11.5 Å². The third-order valence-electron chi connectivity index (χ3n) is 5.21. The molecule has 2 N–H and O–H groups in total. The zero-order valence-corrected chi connectivity index (χ0v) is 19.0. The number of amides is 1. The number of nitro benzene ring substituents is 1. The Morgan fingerprint density at radius 1 is 1.11 bits per heavy atom. The van der Waals surface area contributed by atoms with Crippen molar-refractivity contribution in [1.29, 1.82) is 0 Å². The second kappa shape index (κ2) is 9.96. The molecule has 4 rings (SSSR count). The maximum absolute atomic E-state index is 12.2. The molecule has 0 aliphatic carbocycles. The quantitative estimate of drug-likeness (QED) is 0.217. The van der Waals surface area contributed by atoms with Crippen LogP contribution < -0.4 is 10.2 Å². The van der Waals surface area contributed by atoms with Crippen molar-refractivity contribution in [1.82, 2.24) is 9.99 Å². The molecule has 0 saturated carbocycles. The van der Waals surface area contributed by atoms with Crippen LogP contribution >= 0.6 is 0 Å². The van der Waals surface area contributed by atoms with Gasteiger partial charge >= 0.3 is 11.6 Å². The minimum atomic E-state index is -0.712. The summed E-state index contributed by atoms with van der Waals surface area (Å²) in [7, 11) is 0. The first kappa shape index (κ1) is 23.3. The summed E-state index contributed by atoms with van der Waals surface area (Å²) in [5.74, 6) is 0.0955. The molecule has 0 atom stereocenters. The SMILES string of the molecule is Cc1ccc(C)n1-c1ccc(OCc2ccc(C(=O)N/N=C/c3ccc(O)c([N+](=O)[O-])c3)o2)cc1. The van der Waals surface area contributed by atoms with E-state index in [0.29, 0.717) is 17.1 Å². The van der Waals surface area contributed by atoms with E-state index in [9.17, 15) is 20.0 Å². The van der Waals surface area contributed by atoms with Gasteiger partial charge in [-0.2, -0.15) is 5.10 Å². The van der Waals surface area contributed by atoms with E-state index in [2.05, 4.69) is 27.2 Å². The van der Waals surface area contributed by atoms with Gasteiger partial charge in [-0.05, 0) is 74.5 Å². The zero-order valence-electron chi connectivity index (χ0n) is 19.0. The van der Waals surface area contributed by atoms with E-state index in [1.807, 2.05) is 38.1 Å². The summed E-state index contributed by atoms with van der Waals surface area (Å²) in [5, 5.41) is 24.1. The number of aryl methyl sites for hydroxylation is 2. The van der Waals surface area contributed by atoms with Crippen LogP contribution in [0.3, 0.4) is 0 Å². The van der Waals surface area contributed by atoms with E-state index >= 15 is 0 Å². The number of ether oxygens (including phenoxy) is 1. The van der Waals surface area contributed by atoms with Crippen molar-refractivity contribution < 1.29 is 24.0 Å². The van der Waals surface area contributed by atoms with Crippen LogP contribution in [0.4, 0.5) is 5.69 Å². The molecular weight excluding hydrogens is 452 g/mol. The van der Waals surface area contributed by atoms with Gasteiger partial charge in [-0.3, -0.25) is 14.9 Å². The van der Waals surface area contributed by atoms with Crippen molar-refractivity contribution in [3.8, 4) is 17.2 Å². The lowest BCUT2D eigenvalue weighted by molar-refractivity contribution is -0.385. The minimum Gasteiger partial charge on any atom is -0.502 e. The molecule has 10 nitrogen and oxygen atoms in total. The molecule has 1 amide bonds. The van der Waals surface area contributed by atoms with E-state index in [0.717, 1.165) is 23.1 Å². The normalized spacial score (nSPS) is 11.0. The Morgan fingerprint density at radius 2 is 1.83 bits per heavy atom. The summed E-state index contributed by atoms with van der Waals surface area (Å²) < 4.78 is 13.4. The Kier molecular flexibility index (Phi) is 6.63. The van der Waals surface area contributed by atoms with Crippen LogP contribution in [0.25, 0.3) is 5.69 Å². The van der Waals surface area contributed by atoms with Gasteiger partial charge in [0.15, 0.2) is 11.5 Å². The first-order chi connectivity index (χ1) is 16.8. The van der Waals surface area contributed by atoms with E-state index in [1.165, 1.54) is 24.4 Å². The summed E-state index contributed by atoms with van der Waals surface area (Å²) in [6, 6.07) is 18.7. The summed E-state index contributed by atoms with van der Waals surface area (Å²) >= 11 is 0. The summed E-state index contributed by atoms with van der Waals surface area (Å²) in [5.41, 5.74) is 5.49. The standard InChI is InChI=1S/C25H22N4O6/c1-16-3-4-17(2)28(16)19-6-8-20(9-7-19)34-15-21-10-12-24(35-21)25(31)27-26-14-18-5-11-23(30)22(13-18)29(32)33/h3-14,30H,15H2,1-2H3,(H,27,31)/b26-14+. The number of hydrogen-bond donors (Lipinski definition) is 2. The molecule has 10 heteroatoms. The lowest BCUT2D eigenvalue weighted by Crippen LogP contribution is -2.16. The minimum absolute atomic E-state index is 0.0337. The Morgan fingerprint density at radius 3 is 2.51 bits per heavy atom. The maximum Gasteiger partial charge on any atom is 0.311 e. The number of nitrogens with zero attached hydrogens (tertiary/aromatic N) is 3. The highest BCUT2D eigenvalue weighted by atomic mass is 16.6. The molecule has 2 heterocycles. The molecule has 178 valence electrons. The highest BCUT2D eigenvalue weighted by molar-refractivity contribution is 5.92. The fourth-order valence-corrected chi connectivity index (χ4v) is 3.49. The van der Waals surface area contributed by atoms with Crippen molar-refractivity contribution in [2.24, 2.45) is 5.10 Å². The molecule has 0 spiro atoms. The molecule has 35 heavy (non-hydrogen) atoms. The Hall–Kier alpha value is -4.86. The molecule has 0 unspecified atom stereocenters. The number of nitro groups is 1. The second-order valence-electron chi connectivity index (χ2n) is 7.70. The molecule has 0 aliphatic rings. The third-order valence-corrected chi connectivity index (χ3v) is 5.21. The average Bonchev–Trinajstić information content (AvgIpc) is 3.45. The highest BCUT2D eigenvalue weighted by Gasteiger charge is 2.14. The summed E-state index contributed by atoms with van der Waals surface area (Å²) in [4.78, 5) is 22.4. The van der Waals surface area contributed by atoms with Gasteiger partial charge in [0.05, 0.1) is 11.1 Å². The number of hydrazone groups is 1. The lowest BCUT2D eigenvalue weighted by Gasteiger charge is -2.10. The van der Waals surface area contributed by atoms with Gasteiger partial charge in [-0.1, -0.05) is 0 Å². The van der Waals surface area contributed by atoms with Gasteiger partial charge in [0.25, 0.3) is 0 Å². The Labute approximate surface area is 200 Å². The fraction of sp³-hybridized carbons (Fsp3) is 0.120. The summed E-state index contributed by atoms with van der Waals surface area (Å²) in [6.45, 7) is 4.23. The van der Waals surface area contributed by atoms with Crippen molar-refractivity contribution in [3.63, 3.8) is 0 Å². The van der Waals surface area contributed by atoms with Gasteiger partial charge in [0, 0.05) is 28.7 Å². The van der Waals surface area contributed by atoms with Crippen LogP contribution in [0.1, 0.15) is 33.3 Å². The van der Waals surface area contributed by atoms with E-state index in [1.54, 1.807) is 6.07 Å². The molecule has 4 aromatic rings. The molecule has 0 bridgehead atoms. The number of aromatic hydroxyl groups is 1. The second-order valence-corrected chi connectivity index (χ2v) is 7.70. The monoisotopic (exact) mass is 474 g/mol. The highest BCUT2D eigenvalue weighted by Crippen LogP contribution is 2.25. The van der Waals surface area contributed by atoms with Crippen LogP contribution in [-0.4, -0.2) is 26.7 Å². The molecule has 0 saturated heterocycles. The molecule has 2 aromatic carbocycles. The number of hydrogen-bond acceptors (Lipinski definition) is 7. The average molecular weight is 474 g/mol. The van der Waals surface area contributed by atoms with Crippen LogP contribution in [0.15, 0.2) is 76.2 Å². The maximum atomic E-state index is 12.2. The lowest BCUT2D eigenvalue weighted by atomic mass is 10.2. The third kappa shape index (κ3) is 5.38. The zero-order chi connectivity index (χ0) is 24.9.